The molecule has 2 aromatic rings. The molecule has 4 heteroatoms. The van der Waals surface area contributed by atoms with Crippen LogP contribution in [0.3, 0.4) is 0 Å². The minimum absolute atomic E-state index is 0.122. The maximum Gasteiger partial charge on any atom is 0.161 e. The van der Waals surface area contributed by atoms with Crippen molar-refractivity contribution in [2.24, 2.45) is 5.73 Å². The number of pyridine rings is 1. The largest absolute Gasteiger partial charge is 0.493 e. The Balaban J connectivity index is 2.12. The van der Waals surface area contributed by atoms with Gasteiger partial charge in [0.15, 0.2) is 11.5 Å². The van der Waals surface area contributed by atoms with E-state index in [1.807, 2.05) is 37.3 Å². The van der Waals surface area contributed by atoms with Crippen molar-refractivity contribution < 1.29 is 9.47 Å². The summed E-state index contributed by atoms with van der Waals surface area (Å²) >= 11 is 0. The van der Waals surface area contributed by atoms with E-state index in [0.717, 1.165) is 29.0 Å². The van der Waals surface area contributed by atoms with Crippen LogP contribution >= 0.6 is 0 Å². The van der Waals surface area contributed by atoms with E-state index in [9.17, 15) is 0 Å². The first-order chi connectivity index (χ1) is 9.69. The Morgan fingerprint density at radius 2 is 1.85 bits per heavy atom. The summed E-state index contributed by atoms with van der Waals surface area (Å²) in [5, 5.41) is 0. The highest BCUT2D eigenvalue weighted by molar-refractivity contribution is 5.43. The summed E-state index contributed by atoms with van der Waals surface area (Å²) in [6.07, 6.45) is 4.32. The van der Waals surface area contributed by atoms with E-state index < -0.39 is 0 Å². The molecule has 0 amide bonds. The Kier molecular flexibility index (Phi) is 4.96. The molecule has 0 fully saturated rings. The maximum atomic E-state index is 5.84. The average Bonchev–Trinajstić information content (AvgIpc) is 2.46. The standard InChI is InChI=1S/C16H20N2O2/c1-12(17)9-14-3-4-15(19-2)16(10-14)20-11-13-5-7-18-8-6-13/h3-8,10,12H,9,11,17H2,1-2H3. The third-order valence-corrected chi connectivity index (χ3v) is 2.93. The molecule has 2 N–H and O–H groups in total. The molecule has 1 unspecified atom stereocenters. The van der Waals surface area contributed by atoms with Crippen LogP contribution in [0.2, 0.25) is 0 Å². The number of nitrogens with zero attached hydrogens (tertiary/aromatic N) is 1. The van der Waals surface area contributed by atoms with Crippen LogP contribution in [0, 0.1) is 0 Å². The van der Waals surface area contributed by atoms with E-state index in [4.69, 9.17) is 15.2 Å². The third kappa shape index (κ3) is 3.96. The lowest BCUT2D eigenvalue weighted by atomic mass is 10.1. The molecule has 2 rings (SSSR count). The number of methoxy groups -OCH3 is 1. The van der Waals surface area contributed by atoms with Gasteiger partial charge in [-0.2, -0.15) is 0 Å². The van der Waals surface area contributed by atoms with Gasteiger partial charge in [0.05, 0.1) is 7.11 Å². The van der Waals surface area contributed by atoms with Gasteiger partial charge in [-0.3, -0.25) is 4.98 Å². The van der Waals surface area contributed by atoms with E-state index in [1.54, 1.807) is 19.5 Å². The van der Waals surface area contributed by atoms with Crippen molar-refractivity contribution in [3.8, 4) is 11.5 Å². The highest BCUT2D eigenvalue weighted by Crippen LogP contribution is 2.29. The SMILES string of the molecule is COc1ccc(CC(C)N)cc1OCc1ccncc1. The molecule has 1 aromatic heterocycles. The number of hydrogen-bond donors (Lipinski definition) is 1. The van der Waals surface area contributed by atoms with Crippen LogP contribution in [-0.4, -0.2) is 18.1 Å². The van der Waals surface area contributed by atoms with Crippen LogP contribution in [-0.2, 0) is 13.0 Å². The fourth-order valence-electron chi connectivity index (χ4n) is 1.97. The van der Waals surface area contributed by atoms with Crippen molar-refractivity contribution in [1.29, 1.82) is 0 Å². The Morgan fingerprint density at radius 3 is 2.50 bits per heavy atom. The Hall–Kier alpha value is -2.07. The zero-order valence-electron chi connectivity index (χ0n) is 11.9. The molecular formula is C16H20N2O2. The monoisotopic (exact) mass is 272 g/mol. The molecule has 0 aliphatic rings. The molecule has 1 aromatic carbocycles. The number of rotatable bonds is 6. The van der Waals surface area contributed by atoms with Gasteiger partial charge in [-0.05, 0) is 48.7 Å². The lowest BCUT2D eigenvalue weighted by Crippen LogP contribution is -2.17. The number of ether oxygens (including phenoxy) is 2. The number of benzene rings is 1. The molecule has 0 bridgehead atoms. The summed E-state index contributed by atoms with van der Waals surface area (Å²) in [6.45, 7) is 2.47. The molecule has 0 aliphatic carbocycles. The van der Waals surface area contributed by atoms with E-state index in [2.05, 4.69) is 4.98 Å². The lowest BCUT2D eigenvalue weighted by Gasteiger charge is -2.13. The number of hydrogen-bond acceptors (Lipinski definition) is 4. The van der Waals surface area contributed by atoms with E-state index in [0.29, 0.717) is 6.61 Å². The van der Waals surface area contributed by atoms with Crippen LogP contribution in [0.25, 0.3) is 0 Å². The summed E-state index contributed by atoms with van der Waals surface area (Å²) < 4.78 is 11.2. The molecule has 0 saturated heterocycles. The summed E-state index contributed by atoms with van der Waals surface area (Å²) in [6, 6.07) is 9.90. The Bertz CT molecular complexity index is 541. The molecule has 0 radical (unpaired) electrons. The van der Waals surface area contributed by atoms with E-state index >= 15 is 0 Å². The second kappa shape index (κ2) is 6.91. The second-order valence-corrected chi connectivity index (χ2v) is 4.81. The minimum Gasteiger partial charge on any atom is -0.493 e. The highest BCUT2D eigenvalue weighted by Gasteiger charge is 2.07. The highest BCUT2D eigenvalue weighted by atomic mass is 16.5. The third-order valence-electron chi connectivity index (χ3n) is 2.93. The summed E-state index contributed by atoms with van der Waals surface area (Å²) in [5.41, 5.74) is 8.04. The summed E-state index contributed by atoms with van der Waals surface area (Å²) in [5.74, 6) is 1.47. The van der Waals surface area contributed by atoms with Crippen molar-refractivity contribution in [2.75, 3.05) is 7.11 Å². The molecule has 4 nitrogen and oxygen atoms in total. The van der Waals surface area contributed by atoms with Crippen LogP contribution in [0.15, 0.2) is 42.7 Å². The van der Waals surface area contributed by atoms with Gasteiger partial charge in [0.25, 0.3) is 0 Å². The van der Waals surface area contributed by atoms with Gasteiger partial charge in [0, 0.05) is 18.4 Å². The first kappa shape index (κ1) is 14.3. The molecule has 1 atom stereocenters. The number of nitrogens with two attached hydrogens (primary N) is 1. The summed E-state index contributed by atoms with van der Waals surface area (Å²) in [4.78, 5) is 3.99. The zero-order chi connectivity index (χ0) is 14.4. The van der Waals surface area contributed by atoms with Crippen molar-refractivity contribution in [3.05, 3.63) is 53.9 Å². The topological polar surface area (TPSA) is 57.4 Å². The van der Waals surface area contributed by atoms with Gasteiger partial charge < -0.3 is 15.2 Å². The molecule has 1 heterocycles. The predicted octanol–water partition coefficient (Wildman–Crippen LogP) is 2.56. The molecule has 0 saturated carbocycles. The van der Waals surface area contributed by atoms with Crippen LogP contribution in [0.1, 0.15) is 18.1 Å². The van der Waals surface area contributed by atoms with Crippen molar-refractivity contribution in [2.45, 2.75) is 26.0 Å². The van der Waals surface area contributed by atoms with Crippen molar-refractivity contribution >= 4 is 0 Å². The van der Waals surface area contributed by atoms with Gasteiger partial charge in [0.2, 0.25) is 0 Å². The van der Waals surface area contributed by atoms with Gasteiger partial charge in [-0.15, -0.1) is 0 Å². The molecule has 0 spiro atoms. The smallest absolute Gasteiger partial charge is 0.161 e. The maximum absolute atomic E-state index is 5.84. The Labute approximate surface area is 119 Å². The van der Waals surface area contributed by atoms with E-state index in [-0.39, 0.29) is 6.04 Å². The molecule has 106 valence electrons. The van der Waals surface area contributed by atoms with Crippen LogP contribution < -0.4 is 15.2 Å². The number of aromatic nitrogens is 1. The van der Waals surface area contributed by atoms with Crippen LogP contribution in [0.5, 0.6) is 11.5 Å². The van der Waals surface area contributed by atoms with Gasteiger partial charge >= 0.3 is 0 Å². The van der Waals surface area contributed by atoms with Crippen molar-refractivity contribution in [1.82, 2.24) is 4.98 Å². The Morgan fingerprint density at radius 1 is 1.10 bits per heavy atom. The molecule has 20 heavy (non-hydrogen) atoms. The first-order valence-corrected chi connectivity index (χ1v) is 6.63. The van der Waals surface area contributed by atoms with Gasteiger partial charge in [0.1, 0.15) is 6.61 Å². The summed E-state index contributed by atoms with van der Waals surface area (Å²) in [7, 11) is 1.64. The molecular weight excluding hydrogens is 252 g/mol. The normalized spacial score (nSPS) is 11.9. The second-order valence-electron chi connectivity index (χ2n) is 4.81. The first-order valence-electron chi connectivity index (χ1n) is 6.63. The van der Waals surface area contributed by atoms with Gasteiger partial charge in [-0.1, -0.05) is 6.07 Å². The van der Waals surface area contributed by atoms with Crippen molar-refractivity contribution in [3.63, 3.8) is 0 Å². The predicted molar refractivity (Wildman–Crippen MR) is 78.9 cm³/mol. The zero-order valence-corrected chi connectivity index (χ0v) is 11.9. The quantitative estimate of drug-likeness (QED) is 0.878. The molecule has 0 aliphatic heterocycles. The van der Waals surface area contributed by atoms with Crippen LogP contribution in [0.4, 0.5) is 0 Å². The fourth-order valence-corrected chi connectivity index (χ4v) is 1.97. The fraction of sp³-hybridized carbons (Fsp3) is 0.312. The van der Waals surface area contributed by atoms with E-state index in [1.165, 1.54) is 0 Å². The average molecular weight is 272 g/mol. The van der Waals surface area contributed by atoms with Gasteiger partial charge in [-0.25, -0.2) is 0 Å². The lowest BCUT2D eigenvalue weighted by molar-refractivity contribution is 0.284. The minimum atomic E-state index is 0.122.